The van der Waals surface area contributed by atoms with Crippen LogP contribution in [-0.2, 0) is 0 Å². The molecule has 1 aliphatic rings. The van der Waals surface area contributed by atoms with Crippen LogP contribution in [0.3, 0.4) is 0 Å². The van der Waals surface area contributed by atoms with Crippen molar-refractivity contribution < 1.29 is 57.1 Å². The predicted octanol–water partition coefficient (Wildman–Crippen LogP) is 7.50. The van der Waals surface area contributed by atoms with E-state index in [4.69, 9.17) is 0 Å². The zero-order valence-electron chi connectivity index (χ0n) is 15.4. The Labute approximate surface area is 164 Å². The first kappa shape index (κ1) is 26.9. The fraction of sp³-hybridized carbons (Fsp3) is 1.00. The second kappa shape index (κ2) is 6.94. The molecule has 0 aliphatic carbocycles. The fourth-order valence-electron chi connectivity index (χ4n) is 3.47. The van der Waals surface area contributed by atoms with Crippen molar-refractivity contribution in [2.75, 3.05) is 0 Å². The molecule has 0 nitrogen and oxygen atoms in total. The van der Waals surface area contributed by atoms with Crippen LogP contribution in [0.5, 0.6) is 0 Å². The van der Waals surface area contributed by atoms with Crippen LogP contribution >= 0.6 is 0 Å². The molecule has 14 heteroatoms. The van der Waals surface area contributed by atoms with Gasteiger partial charge >= 0.3 is 164 Å². The van der Waals surface area contributed by atoms with Gasteiger partial charge in [-0.15, -0.1) is 0 Å². The molecule has 0 aromatic carbocycles. The quantitative estimate of drug-likeness (QED) is 0.236. The Kier molecular flexibility index (Phi) is 6.44. The predicted molar refractivity (Wildman–Crippen MR) is 78.5 cm³/mol. The van der Waals surface area contributed by atoms with Gasteiger partial charge < -0.3 is 0 Å². The summed E-state index contributed by atoms with van der Waals surface area (Å²) in [5.41, 5.74) is 0. The van der Waals surface area contributed by atoms with Gasteiger partial charge in [-0.1, -0.05) is 0 Å². The van der Waals surface area contributed by atoms with E-state index in [1.807, 2.05) is 0 Å². The molecule has 1 heterocycles. The van der Waals surface area contributed by atoms with Crippen LogP contribution in [0.1, 0.15) is 47.0 Å². The molecular weight excluding hydrogens is 555 g/mol. The Morgan fingerprint density at radius 1 is 0.517 bits per heavy atom. The first-order valence-electron chi connectivity index (χ1n) is 8.03. The molecule has 0 aromatic heterocycles. The summed E-state index contributed by atoms with van der Waals surface area (Å²) in [4.78, 5) is 0. The van der Waals surface area contributed by atoms with E-state index in [-0.39, 0.29) is 19.3 Å². The second-order valence-electron chi connectivity index (χ2n) is 7.99. The normalized spacial score (nSPS) is 22.7. The monoisotopic (exact) mass is 575 g/mol. The summed E-state index contributed by atoms with van der Waals surface area (Å²) in [6.07, 6.45) is -7.43. The molecule has 0 atom stereocenters. The molecule has 0 radical (unpaired) electrons. The van der Waals surface area contributed by atoms with Crippen molar-refractivity contribution in [1.29, 1.82) is 0 Å². The zero-order chi connectivity index (χ0) is 23.7. The van der Waals surface area contributed by atoms with E-state index in [9.17, 15) is 57.1 Å². The fourth-order valence-corrected chi connectivity index (χ4v) is 14.8. The standard InChI is InChI=1S/C15H18F13Te/c1-8(2)6-5-7-9(3,4)29(8)15(27,28)13(22,23)11(18,19)10(16,17)12(20,21)14(24,25)26/h5-7H2,1-4H3/q+1. The molecule has 1 fully saturated rings. The summed E-state index contributed by atoms with van der Waals surface area (Å²) in [7, 11) is 0. The Morgan fingerprint density at radius 2 is 0.828 bits per heavy atom. The summed E-state index contributed by atoms with van der Waals surface area (Å²) in [6, 6.07) is 0. The maximum absolute atomic E-state index is 14.8. The van der Waals surface area contributed by atoms with Gasteiger partial charge in [-0.05, 0) is 0 Å². The number of hydrogen-bond acceptors (Lipinski definition) is 0. The molecule has 0 bridgehead atoms. The van der Waals surface area contributed by atoms with E-state index < -0.39 is 60.3 Å². The van der Waals surface area contributed by atoms with E-state index >= 15 is 0 Å². The van der Waals surface area contributed by atoms with Gasteiger partial charge in [0.05, 0.1) is 0 Å². The van der Waals surface area contributed by atoms with Gasteiger partial charge in [0.1, 0.15) is 0 Å². The Morgan fingerprint density at radius 3 is 1.14 bits per heavy atom. The van der Waals surface area contributed by atoms with Gasteiger partial charge in [0.2, 0.25) is 0 Å². The average molecular weight is 573 g/mol. The molecule has 0 N–H and O–H groups in total. The summed E-state index contributed by atoms with van der Waals surface area (Å²) in [5, 5.41) is 0. The van der Waals surface area contributed by atoms with E-state index in [0.29, 0.717) is 0 Å². The maximum atomic E-state index is 14.8. The molecule has 1 rings (SSSR count). The zero-order valence-corrected chi connectivity index (χ0v) is 17.8. The van der Waals surface area contributed by atoms with Crippen molar-refractivity contribution in [3.63, 3.8) is 0 Å². The van der Waals surface area contributed by atoms with Crippen molar-refractivity contribution in [2.45, 2.75) is 87.7 Å². The van der Waals surface area contributed by atoms with Crippen molar-refractivity contribution >= 4 is 19.6 Å². The van der Waals surface area contributed by atoms with Gasteiger partial charge in [0.15, 0.2) is 0 Å². The number of alkyl halides is 13. The summed E-state index contributed by atoms with van der Waals surface area (Å²) >= 11 is -4.98. The van der Waals surface area contributed by atoms with Gasteiger partial charge in [-0.2, -0.15) is 0 Å². The van der Waals surface area contributed by atoms with Crippen molar-refractivity contribution in [3.05, 3.63) is 0 Å². The Bertz CT molecular complexity index is 602. The van der Waals surface area contributed by atoms with Gasteiger partial charge in [0.25, 0.3) is 0 Å². The molecule has 0 saturated carbocycles. The van der Waals surface area contributed by atoms with Crippen LogP contribution in [0.4, 0.5) is 57.1 Å². The van der Waals surface area contributed by atoms with Gasteiger partial charge in [-0.25, -0.2) is 0 Å². The molecular formula is C15H18F13Te+. The van der Waals surface area contributed by atoms with Crippen LogP contribution in [0, 0.1) is 0 Å². The third kappa shape index (κ3) is 3.72. The van der Waals surface area contributed by atoms with Crippen LogP contribution < -0.4 is 0 Å². The minimum atomic E-state index is -7.83. The van der Waals surface area contributed by atoms with E-state index in [1.165, 1.54) is 0 Å². The third-order valence-electron chi connectivity index (χ3n) is 4.82. The topological polar surface area (TPSA) is 0 Å². The molecule has 1 saturated heterocycles. The third-order valence-corrected chi connectivity index (χ3v) is 14.5. The number of hydrogen-bond donors (Lipinski definition) is 0. The molecule has 29 heavy (non-hydrogen) atoms. The van der Waals surface area contributed by atoms with Gasteiger partial charge in [-0.3, -0.25) is 0 Å². The summed E-state index contributed by atoms with van der Waals surface area (Å²) in [5.74, 6) is -30.3. The van der Waals surface area contributed by atoms with Crippen LogP contribution in [0.15, 0.2) is 0 Å². The summed E-state index contributed by atoms with van der Waals surface area (Å²) in [6.45, 7) is 4.20. The minimum absolute atomic E-state index is 0.139. The van der Waals surface area contributed by atoms with Crippen molar-refractivity contribution in [3.8, 4) is 0 Å². The number of rotatable bonds is 5. The average Bonchev–Trinajstić information content (AvgIpc) is 2.42. The Hall–Kier alpha value is -0.120. The summed E-state index contributed by atoms with van der Waals surface area (Å²) < 4.78 is 166. The molecule has 0 spiro atoms. The second-order valence-corrected chi connectivity index (χ2v) is 17.5. The van der Waals surface area contributed by atoms with E-state index in [2.05, 4.69) is 0 Å². The molecule has 0 unspecified atom stereocenters. The van der Waals surface area contributed by atoms with Crippen molar-refractivity contribution in [2.24, 2.45) is 0 Å². The van der Waals surface area contributed by atoms with Crippen molar-refractivity contribution in [1.82, 2.24) is 0 Å². The van der Waals surface area contributed by atoms with Crippen LogP contribution in [0.2, 0.25) is 6.93 Å². The SMILES string of the molecule is CC1(C)CCCC(C)(C)[Te+]1C(F)(F)C(F)(F)C(F)(F)C(F)(F)C(F)(F)C(F)(F)F. The van der Waals surface area contributed by atoms with Crippen LogP contribution in [-0.4, -0.2) is 53.4 Å². The Balaban J connectivity index is 3.66. The molecule has 0 aromatic rings. The number of halogens is 13. The van der Waals surface area contributed by atoms with E-state index in [0.717, 1.165) is 27.7 Å². The van der Waals surface area contributed by atoms with E-state index in [1.54, 1.807) is 0 Å². The first-order chi connectivity index (χ1) is 12.3. The van der Waals surface area contributed by atoms with Gasteiger partial charge in [0, 0.05) is 0 Å². The van der Waals surface area contributed by atoms with Crippen LogP contribution in [0.25, 0.3) is 0 Å². The first-order valence-corrected chi connectivity index (χ1v) is 11.5. The molecule has 1 aliphatic heterocycles. The molecule has 174 valence electrons. The molecule has 0 amide bonds.